The molecule has 5 atom stereocenters. The lowest BCUT2D eigenvalue weighted by Gasteiger charge is -2.38. The number of methoxy groups -OCH3 is 1. The second kappa shape index (κ2) is 9.43. The van der Waals surface area contributed by atoms with Crippen molar-refractivity contribution in [3.8, 4) is 17.2 Å². The Hall–Kier alpha value is -3.81. The molecule has 1 saturated heterocycles. The minimum absolute atomic E-state index is 0.0236. The summed E-state index contributed by atoms with van der Waals surface area (Å²) in [6, 6.07) is 3.58. The minimum atomic E-state index is -2.40. The molecule has 5 rings (SSSR count). The number of Topliss-reactive ketones (excluding diaryl/α,β-unsaturated/α-hetero) is 1. The van der Waals surface area contributed by atoms with Crippen molar-refractivity contribution in [2.75, 3.05) is 13.7 Å². The molecule has 2 aliphatic carbocycles. The number of hydrogen-bond acceptors (Lipinski definition) is 12. The Balaban J connectivity index is 1.71. The number of aliphatic hydroxyl groups is 3. The Morgan fingerprint density at radius 1 is 1.13 bits per heavy atom. The molecule has 0 saturated carbocycles. The molecule has 2 aromatic rings. The normalized spacial score (nSPS) is 27.7. The summed E-state index contributed by atoms with van der Waals surface area (Å²) in [4.78, 5) is 39.7. The van der Waals surface area contributed by atoms with Gasteiger partial charge < -0.3 is 45.5 Å². The summed E-state index contributed by atoms with van der Waals surface area (Å²) in [6.07, 6.45) is -2.60. The van der Waals surface area contributed by atoms with E-state index >= 15 is 0 Å². The van der Waals surface area contributed by atoms with Gasteiger partial charge in [-0.15, -0.1) is 0 Å². The van der Waals surface area contributed by atoms with Gasteiger partial charge in [-0.1, -0.05) is 12.1 Å². The maximum absolute atomic E-state index is 13.6. The second-order valence-corrected chi connectivity index (χ2v) is 9.81. The van der Waals surface area contributed by atoms with Gasteiger partial charge in [0.2, 0.25) is 12.1 Å². The molecule has 12 heteroatoms. The number of carbonyl (C=O) groups excluding carboxylic acids is 3. The van der Waals surface area contributed by atoms with E-state index in [9.17, 15) is 39.9 Å². The van der Waals surface area contributed by atoms with Crippen LogP contribution in [-0.2, 0) is 20.7 Å². The molecule has 0 radical (unpaired) electrons. The van der Waals surface area contributed by atoms with E-state index in [2.05, 4.69) is 0 Å². The number of nitrogens with two attached hydrogens (primary N) is 1. The highest BCUT2D eigenvalue weighted by Crippen LogP contribution is 2.50. The van der Waals surface area contributed by atoms with Crippen molar-refractivity contribution in [3.05, 3.63) is 57.7 Å². The quantitative estimate of drug-likeness (QED) is 0.234. The van der Waals surface area contributed by atoms with Crippen LogP contribution in [0.4, 0.5) is 0 Å². The van der Waals surface area contributed by atoms with Crippen LogP contribution in [0.3, 0.4) is 0 Å². The smallest absolute Gasteiger partial charge is 0.202 e. The van der Waals surface area contributed by atoms with Crippen LogP contribution in [0.5, 0.6) is 17.2 Å². The van der Waals surface area contributed by atoms with Crippen LogP contribution in [0.15, 0.2) is 24.3 Å². The Kier molecular flexibility index (Phi) is 6.48. The van der Waals surface area contributed by atoms with Crippen LogP contribution in [0, 0.1) is 0 Å². The monoisotopic (exact) mass is 541 g/mol. The maximum Gasteiger partial charge on any atom is 0.202 e. The summed E-state index contributed by atoms with van der Waals surface area (Å²) in [5, 5.41) is 53.5. The molecule has 1 fully saturated rings. The minimum Gasteiger partial charge on any atom is -0.507 e. The Morgan fingerprint density at radius 3 is 2.46 bits per heavy atom. The number of rotatable bonds is 5. The van der Waals surface area contributed by atoms with E-state index in [1.165, 1.54) is 25.3 Å². The second-order valence-electron chi connectivity index (χ2n) is 9.81. The van der Waals surface area contributed by atoms with Crippen LogP contribution >= 0.6 is 0 Å². The maximum atomic E-state index is 13.6. The van der Waals surface area contributed by atoms with Crippen molar-refractivity contribution in [2.45, 2.75) is 49.9 Å². The zero-order valence-corrected chi connectivity index (χ0v) is 21.0. The molecule has 206 valence electrons. The highest BCUT2D eigenvalue weighted by atomic mass is 16.7. The van der Waals surface area contributed by atoms with Gasteiger partial charge in [0.05, 0.1) is 41.6 Å². The van der Waals surface area contributed by atoms with Gasteiger partial charge in [0.15, 0.2) is 17.2 Å². The molecule has 0 unspecified atom stereocenters. The topological polar surface area (TPSA) is 206 Å². The highest BCUT2D eigenvalue weighted by molar-refractivity contribution is 6.31. The van der Waals surface area contributed by atoms with Crippen molar-refractivity contribution in [1.82, 2.24) is 0 Å². The molecule has 0 spiro atoms. The number of fused-ring (bicyclic) bond motifs is 3. The van der Waals surface area contributed by atoms with Crippen molar-refractivity contribution in [3.63, 3.8) is 0 Å². The average molecular weight is 542 g/mol. The Morgan fingerprint density at radius 2 is 1.82 bits per heavy atom. The van der Waals surface area contributed by atoms with Crippen LogP contribution in [0.25, 0.3) is 5.76 Å². The first-order valence-corrected chi connectivity index (χ1v) is 12.2. The molecular weight excluding hydrogens is 514 g/mol. The van der Waals surface area contributed by atoms with E-state index < -0.39 is 83.1 Å². The van der Waals surface area contributed by atoms with Gasteiger partial charge in [-0.3, -0.25) is 14.4 Å². The third kappa shape index (κ3) is 3.99. The zero-order chi connectivity index (χ0) is 28.4. The molecule has 7 N–H and O–H groups in total. The summed E-state index contributed by atoms with van der Waals surface area (Å²) in [5.41, 5.74) is 1.88. The van der Waals surface area contributed by atoms with Crippen molar-refractivity contribution >= 4 is 23.1 Å². The number of phenolic OH excluding ortho intramolecular Hbond substituents is 2. The van der Waals surface area contributed by atoms with Crippen molar-refractivity contribution in [1.29, 1.82) is 0 Å². The number of ether oxygens (including phenoxy) is 3. The zero-order valence-electron chi connectivity index (χ0n) is 21.0. The van der Waals surface area contributed by atoms with Crippen molar-refractivity contribution in [2.24, 2.45) is 5.73 Å². The molecule has 0 aromatic heterocycles. The third-order valence-corrected chi connectivity index (χ3v) is 7.42. The number of aromatic hydroxyl groups is 2. The fourth-order valence-electron chi connectivity index (χ4n) is 5.36. The first-order chi connectivity index (χ1) is 18.4. The van der Waals surface area contributed by atoms with E-state index in [1.54, 1.807) is 6.92 Å². The van der Waals surface area contributed by atoms with Gasteiger partial charge >= 0.3 is 0 Å². The molecule has 39 heavy (non-hydrogen) atoms. The molecule has 1 aliphatic heterocycles. The lowest BCUT2D eigenvalue weighted by Crippen LogP contribution is -2.51. The largest absolute Gasteiger partial charge is 0.507 e. The highest BCUT2D eigenvalue weighted by Gasteiger charge is 2.47. The lowest BCUT2D eigenvalue weighted by molar-refractivity contribution is -0.196. The fourth-order valence-corrected chi connectivity index (χ4v) is 5.36. The summed E-state index contributed by atoms with van der Waals surface area (Å²) in [5.74, 6) is -4.38. The predicted molar refractivity (Wildman–Crippen MR) is 132 cm³/mol. The van der Waals surface area contributed by atoms with E-state index in [0.29, 0.717) is 0 Å². The summed E-state index contributed by atoms with van der Waals surface area (Å²) >= 11 is 0. The lowest BCUT2D eigenvalue weighted by atomic mass is 9.75. The average Bonchev–Trinajstić information content (AvgIpc) is 2.90. The summed E-state index contributed by atoms with van der Waals surface area (Å²) in [6.45, 7) is 0.496. The van der Waals surface area contributed by atoms with Gasteiger partial charge in [0.1, 0.15) is 29.6 Å². The number of benzene rings is 2. The van der Waals surface area contributed by atoms with E-state index in [1.807, 2.05) is 0 Å². The van der Waals surface area contributed by atoms with E-state index in [-0.39, 0.29) is 40.2 Å². The first-order valence-electron chi connectivity index (χ1n) is 12.2. The first kappa shape index (κ1) is 26.8. The summed E-state index contributed by atoms with van der Waals surface area (Å²) < 4.78 is 16.8. The Labute approximate surface area is 221 Å². The molecule has 0 amide bonds. The fraction of sp³-hybridized carbons (Fsp3) is 0.370. The molecular formula is C27H27NO11. The predicted octanol–water partition coefficient (Wildman–Crippen LogP) is -0.0890. The standard InChI is InChI=1S/C27H27NO11/c1-10-22(31)13(28)6-17(38-10)39-15-8-27(36,16(30)9-29)7-12-19(15)26(35)21-20(24(12)33)23(32)11-4-3-5-14(37-2)18(11)25(21)34/h3-5,8,10,13,17,22,29,31,33,35-36H,6-7,9,28H2,1-2H3/t10-,13-,17-,22+,27-/m0/s1. The SMILES string of the molecule is COc1cccc2c1C(=O)c1c(O)c3c(c(O)c1C2=O)C[C@@](O)(C(=O)CO)C=C3O[C@H]1C[C@H](N)[C@H](O)[C@H](C)O1. The van der Waals surface area contributed by atoms with Gasteiger partial charge in [0, 0.05) is 30.0 Å². The molecule has 12 nitrogen and oxygen atoms in total. The van der Waals surface area contributed by atoms with Crippen molar-refractivity contribution < 1.29 is 54.1 Å². The summed E-state index contributed by atoms with van der Waals surface area (Å²) in [7, 11) is 1.31. The number of ketones is 3. The molecule has 3 aliphatic rings. The van der Waals surface area contributed by atoms with Gasteiger partial charge in [0.25, 0.3) is 0 Å². The van der Waals surface area contributed by atoms with Crippen LogP contribution < -0.4 is 10.5 Å². The number of carbonyl (C=O) groups is 3. The van der Waals surface area contributed by atoms with E-state index in [0.717, 1.165) is 6.08 Å². The Bertz CT molecular complexity index is 1440. The van der Waals surface area contributed by atoms with Crippen LogP contribution in [0.1, 0.15) is 56.3 Å². The number of phenols is 2. The van der Waals surface area contributed by atoms with Gasteiger partial charge in [-0.2, -0.15) is 0 Å². The molecule has 1 heterocycles. The molecule has 2 aromatic carbocycles. The third-order valence-electron chi connectivity index (χ3n) is 7.42. The number of aliphatic hydroxyl groups excluding tert-OH is 2. The number of hydrogen-bond donors (Lipinski definition) is 6. The molecule has 0 bridgehead atoms. The van der Waals surface area contributed by atoms with Gasteiger partial charge in [-0.05, 0) is 19.1 Å². The van der Waals surface area contributed by atoms with E-state index in [4.69, 9.17) is 19.9 Å². The van der Waals surface area contributed by atoms with Crippen LogP contribution in [-0.4, -0.2) is 86.7 Å². The van der Waals surface area contributed by atoms with Gasteiger partial charge in [-0.25, -0.2) is 0 Å². The van der Waals surface area contributed by atoms with Crippen LogP contribution in [0.2, 0.25) is 0 Å².